The third kappa shape index (κ3) is 1.54. The lowest BCUT2D eigenvalue weighted by molar-refractivity contribution is -0.147. The van der Waals surface area contributed by atoms with Crippen molar-refractivity contribution in [2.45, 2.75) is 0 Å². The van der Waals surface area contributed by atoms with Crippen LogP contribution in [-0.2, 0) is 14.4 Å². The molecule has 66 valence electrons. The fourth-order valence-corrected chi connectivity index (χ4v) is 0.874. The van der Waals surface area contributed by atoms with Gasteiger partial charge in [-0.1, -0.05) is 0 Å². The van der Waals surface area contributed by atoms with Crippen LogP contribution >= 0.6 is 0 Å². The second-order valence-electron chi connectivity index (χ2n) is 2.29. The Kier molecular flexibility index (Phi) is 2.11. The van der Waals surface area contributed by atoms with Gasteiger partial charge in [-0.25, -0.2) is 0 Å². The van der Waals surface area contributed by atoms with Gasteiger partial charge >= 0.3 is 5.97 Å². The Balaban J connectivity index is 2.85. The van der Waals surface area contributed by atoms with E-state index in [1.54, 1.807) is 0 Å². The molecule has 6 heteroatoms. The van der Waals surface area contributed by atoms with Crippen molar-refractivity contribution in [3.05, 3.63) is 11.6 Å². The van der Waals surface area contributed by atoms with E-state index < -0.39 is 24.3 Å². The van der Waals surface area contributed by atoms with E-state index in [1.807, 2.05) is 0 Å². The molecule has 1 aliphatic heterocycles. The van der Waals surface area contributed by atoms with Gasteiger partial charge in [0.2, 0.25) is 0 Å². The predicted molar refractivity (Wildman–Crippen MR) is 38.1 cm³/mol. The molecule has 0 fully saturated rings. The number of carbonyl (C=O) groups excluding carboxylic acids is 2. The fraction of sp³-hybridized carbons (Fsp3) is 0.143. The molecule has 2 amide bonds. The standard InChI is InChI=1S/C7H4N2O4/c8-2-4-1-5(10)9(7(4)13)3-6(11)12/h1H,3H2,(H,11,12). The summed E-state index contributed by atoms with van der Waals surface area (Å²) in [6.45, 7) is -0.709. The summed E-state index contributed by atoms with van der Waals surface area (Å²) in [5.41, 5.74) is -0.328. The van der Waals surface area contributed by atoms with Gasteiger partial charge in [-0.3, -0.25) is 19.3 Å². The predicted octanol–water partition coefficient (Wildman–Crippen LogP) is -1.11. The maximum Gasteiger partial charge on any atom is 0.323 e. The second kappa shape index (κ2) is 3.06. The second-order valence-corrected chi connectivity index (χ2v) is 2.29. The molecule has 0 aliphatic carbocycles. The van der Waals surface area contributed by atoms with Crippen LogP contribution < -0.4 is 0 Å². The first-order valence-electron chi connectivity index (χ1n) is 3.25. The molecule has 0 radical (unpaired) electrons. The zero-order valence-corrected chi connectivity index (χ0v) is 6.35. The molecule has 0 aromatic carbocycles. The molecule has 0 unspecified atom stereocenters. The summed E-state index contributed by atoms with van der Waals surface area (Å²) < 4.78 is 0. The van der Waals surface area contributed by atoms with Gasteiger partial charge in [0, 0.05) is 6.08 Å². The van der Waals surface area contributed by atoms with Crippen LogP contribution in [0, 0.1) is 11.3 Å². The minimum atomic E-state index is -1.30. The molecule has 1 heterocycles. The van der Waals surface area contributed by atoms with Gasteiger partial charge in [0.1, 0.15) is 18.2 Å². The zero-order chi connectivity index (χ0) is 10.0. The molecule has 6 nitrogen and oxygen atoms in total. The number of carboxylic acids is 1. The topological polar surface area (TPSA) is 98.5 Å². The number of hydrogen-bond acceptors (Lipinski definition) is 4. The van der Waals surface area contributed by atoms with Crippen LogP contribution in [0.5, 0.6) is 0 Å². The first kappa shape index (κ1) is 8.93. The molecule has 13 heavy (non-hydrogen) atoms. The summed E-state index contributed by atoms with van der Waals surface area (Å²) in [6.07, 6.45) is 0.825. The SMILES string of the molecule is N#CC1=CC(=O)N(CC(=O)O)C1=O. The molecule has 0 spiro atoms. The van der Waals surface area contributed by atoms with Crippen molar-refractivity contribution < 1.29 is 19.5 Å². The number of imide groups is 1. The van der Waals surface area contributed by atoms with E-state index in [4.69, 9.17) is 10.4 Å². The van der Waals surface area contributed by atoms with Gasteiger partial charge in [-0.05, 0) is 0 Å². The Hall–Kier alpha value is -2.16. The quantitative estimate of drug-likeness (QED) is 0.543. The number of carbonyl (C=O) groups is 3. The van der Waals surface area contributed by atoms with Gasteiger partial charge < -0.3 is 5.11 Å². The number of rotatable bonds is 2. The van der Waals surface area contributed by atoms with Crippen molar-refractivity contribution in [3.63, 3.8) is 0 Å². The average Bonchev–Trinajstić information content (AvgIpc) is 2.31. The van der Waals surface area contributed by atoms with Crippen molar-refractivity contribution in [3.8, 4) is 6.07 Å². The van der Waals surface area contributed by atoms with E-state index in [9.17, 15) is 14.4 Å². The Labute approximate surface area is 72.7 Å². The summed E-state index contributed by atoms with van der Waals surface area (Å²) in [4.78, 5) is 32.6. The molecule has 1 N–H and O–H groups in total. The van der Waals surface area contributed by atoms with Crippen molar-refractivity contribution in [2.75, 3.05) is 6.54 Å². The van der Waals surface area contributed by atoms with Crippen molar-refractivity contribution in [1.82, 2.24) is 4.90 Å². The average molecular weight is 180 g/mol. The van der Waals surface area contributed by atoms with Gasteiger partial charge in [-0.15, -0.1) is 0 Å². The molecular formula is C7H4N2O4. The van der Waals surface area contributed by atoms with Gasteiger partial charge in [0.25, 0.3) is 11.8 Å². The van der Waals surface area contributed by atoms with Crippen LogP contribution in [-0.4, -0.2) is 34.3 Å². The lowest BCUT2D eigenvalue weighted by atomic mass is 10.3. The van der Waals surface area contributed by atoms with Crippen molar-refractivity contribution in [1.29, 1.82) is 5.26 Å². The van der Waals surface area contributed by atoms with E-state index in [2.05, 4.69) is 0 Å². The Morgan fingerprint density at radius 3 is 2.62 bits per heavy atom. The summed E-state index contributed by atoms with van der Waals surface area (Å²) in [5, 5.41) is 16.7. The zero-order valence-electron chi connectivity index (χ0n) is 6.35. The maximum absolute atomic E-state index is 11.0. The van der Waals surface area contributed by atoms with Crippen LogP contribution in [0.1, 0.15) is 0 Å². The summed E-state index contributed by atoms with van der Waals surface area (Å²) in [7, 11) is 0. The number of aliphatic carboxylic acids is 1. The van der Waals surface area contributed by atoms with E-state index in [-0.39, 0.29) is 5.57 Å². The third-order valence-corrected chi connectivity index (χ3v) is 1.42. The number of nitrogens with zero attached hydrogens (tertiary/aromatic N) is 2. The van der Waals surface area contributed by atoms with E-state index in [1.165, 1.54) is 6.07 Å². The first-order valence-corrected chi connectivity index (χ1v) is 3.25. The normalized spacial score (nSPS) is 15.6. The molecule has 0 saturated carbocycles. The number of amides is 2. The number of hydrogen-bond donors (Lipinski definition) is 1. The van der Waals surface area contributed by atoms with Gasteiger partial charge in [-0.2, -0.15) is 5.26 Å². The smallest absolute Gasteiger partial charge is 0.323 e. The first-order chi connectivity index (χ1) is 6.06. The summed E-state index contributed by atoms with van der Waals surface area (Å²) in [5.74, 6) is -2.91. The van der Waals surface area contributed by atoms with E-state index in [0.717, 1.165) is 6.08 Å². The molecule has 0 aromatic rings. The highest BCUT2D eigenvalue weighted by molar-refractivity contribution is 6.19. The maximum atomic E-state index is 11.0. The minimum absolute atomic E-state index is 0.328. The Morgan fingerprint density at radius 2 is 2.23 bits per heavy atom. The molecule has 0 saturated heterocycles. The van der Waals surface area contributed by atoms with Gasteiger partial charge in [0.05, 0.1) is 0 Å². The number of carboxylic acid groups (broad SMARTS) is 1. The number of nitriles is 1. The molecular weight excluding hydrogens is 176 g/mol. The fourth-order valence-electron chi connectivity index (χ4n) is 0.874. The van der Waals surface area contributed by atoms with Crippen molar-refractivity contribution in [2.24, 2.45) is 0 Å². The minimum Gasteiger partial charge on any atom is -0.480 e. The van der Waals surface area contributed by atoms with Crippen LogP contribution in [0.15, 0.2) is 11.6 Å². The Bertz CT molecular complexity index is 363. The highest BCUT2D eigenvalue weighted by Gasteiger charge is 2.32. The molecule has 0 bridgehead atoms. The van der Waals surface area contributed by atoms with Crippen molar-refractivity contribution >= 4 is 17.8 Å². The monoisotopic (exact) mass is 180 g/mol. The van der Waals surface area contributed by atoms with Gasteiger partial charge in [0.15, 0.2) is 0 Å². The summed E-state index contributed by atoms with van der Waals surface area (Å²) in [6, 6.07) is 1.50. The van der Waals surface area contributed by atoms with Crippen LogP contribution in [0.3, 0.4) is 0 Å². The highest BCUT2D eigenvalue weighted by Crippen LogP contribution is 2.10. The Morgan fingerprint density at radius 1 is 1.62 bits per heavy atom. The largest absolute Gasteiger partial charge is 0.480 e. The molecule has 1 rings (SSSR count). The van der Waals surface area contributed by atoms with E-state index >= 15 is 0 Å². The van der Waals surface area contributed by atoms with Crippen LogP contribution in [0.2, 0.25) is 0 Å². The molecule has 0 aromatic heterocycles. The van der Waals surface area contributed by atoms with Crippen LogP contribution in [0.25, 0.3) is 0 Å². The van der Waals surface area contributed by atoms with Crippen LogP contribution in [0.4, 0.5) is 0 Å². The summed E-state index contributed by atoms with van der Waals surface area (Å²) >= 11 is 0. The lowest BCUT2D eigenvalue weighted by Gasteiger charge is -2.09. The highest BCUT2D eigenvalue weighted by atomic mass is 16.4. The third-order valence-electron chi connectivity index (χ3n) is 1.42. The molecule has 1 aliphatic rings. The van der Waals surface area contributed by atoms with E-state index in [0.29, 0.717) is 4.90 Å². The lowest BCUT2D eigenvalue weighted by Crippen LogP contribution is -2.35. The molecule has 0 atom stereocenters.